The number of rotatable bonds is 5. The fourth-order valence-corrected chi connectivity index (χ4v) is 2.41. The molecule has 0 amide bonds. The Balaban J connectivity index is 2.38. The first kappa shape index (κ1) is 15.8. The predicted molar refractivity (Wildman–Crippen MR) is 67.6 cm³/mol. The van der Waals surface area contributed by atoms with Gasteiger partial charge in [0.25, 0.3) is 0 Å². The Morgan fingerprint density at radius 3 is 2.61 bits per heavy atom. The molecule has 5 heteroatoms. The molecule has 1 aliphatic heterocycles. The van der Waals surface area contributed by atoms with E-state index in [1.54, 1.807) is 0 Å². The first-order valence-electron chi connectivity index (χ1n) is 6.87. The monoisotopic (exact) mass is 266 g/mol. The van der Waals surface area contributed by atoms with E-state index < -0.39 is 12.6 Å². The normalized spacial score (nSPS) is 28.3. The topological polar surface area (TPSA) is 15.3 Å². The number of halogens is 3. The molecular formula is C13H25F3N2. The van der Waals surface area contributed by atoms with E-state index in [9.17, 15) is 13.2 Å². The summed E-state index contributed by atoms with van der Waals surface area (Å²) in [7, 11) is 0. The third-order valence-corrected chi connectivity index (χ3v) is 3.97. The van der Waals surface area contributed by atoms with Crippen LogP contribution in [-0.4, -0.2) is 42.8 Å². The van der Waals surface area contributed by atoms with Gasteiger partial charge in [-0.1, -0.05) is 20.3 Å². The zero-order valence-electron chi connectivity index (χ0n) is 11.6. The van der Waals surface area contributed by atoms with Crippen molar-refractivity contribution in [3.05, 3.63) is 0 Å². The summed E-state index contributed by atoms with van der Waals surface area (Å²) in [5.41, 5.74) is 0. The SMILES string of the molecule is CCC(C)C1CN(CCCC(F)(F)F)C(C)CN1. The van der Waals surface area contributed by atoms with Crippen LogP contribution in [0.5, 0.6) is 0 Å². The Labute approximate surface area is 108 Å². The van der Waals surface area contributed by atoms with Gasteiger partial charge in [0.15, 0.2) is 0 Å². The lowest BCUT2D eigenvalue weighted by atomic mass is 9.95. The van der Waals surface area contributed by atoms with Crippen molar-refractivity contribution < 1.29 is 13.2 Å². The van der Waals surface area contributed by atoms with Gasteiger partial charge in [0.2, 0.25) is 0 Å². The molecule has 0 saturated carbocycles. The Hall–Kier alpha value is -0.290. The van der Waals surface area contributed by atoms with Crippen molar-refractivity contribution in [2.24, 2.45) is 5.92 Å². The van der Waals surface area contributed by atoms with Crippen molar-refractivity contribution in [2.75, 3.05) is 19.6 Å². The van der Waals surface area contributed by atoms with E-state index in [-0.39, 0.29) is 6.42 Å². The average molecular weight is 266 g/mol. The van der Waals surface area contributed by atoms with Gasteiger partial charge in [0.05, 0.1) is 0 Å². The summed E-state index contributed by atoms with van der Waals surface area (Å²) in [6.07, 6.45) is -3.38. The Morgan fingerprint density at radius 2 is 2.06 bits per heavy atom. The summed E-state index contributed by atoms with van der Waals surface area (Å²) < 4.78 is 36.4. The lowest BCUT2D eigenvalue weighted by Gasteiger charge is -2.41. The number of piperazine rings is 1. The smallest absolute Gasteiger partial charge is 0.311 e. The summed E-state index contributed by atoms with van der Waals surface area (Å²) in [6, 6.07) is 0.746. The van der Waals surface area contributed by atoms with Gasteiger partial charge in [-0.25, -0.2) is 0 Å². The average Bonchev–Trinajstić information content (AvgIpc) is 2.29. The maximum absolute atomic E-state index is 12.1. The highest BCUT2D eigenvalue weighted by atomic mass is 19.4. The molecule has 3 unspecified atom stereocenters. The number of nitrogens with zero attached hydrogens (tertiary/aromatic N) is 1. The van der Waals surface area contributed by atoms with Gasteiger partial charge >= 0.3 is 6.18 Å². The lowest BCUT2D eigenvalue weighted by molar-refractivity contribution is -0.136. The molecule has 3 atom stereocenters. The second-order valence-electron chi connectivity index (χ2n) is 5.46. The number of hydrogen-bond donors (Lipinski definition) is 1. The molecule has 1 saturated heterocycles. The molecule has 0 aromatic rings. The van der Waals surface area contributed by atoms with Crippen LogP contribution in [0.1, 0.15) is 40.0 Å². The highest BCUT2D eigenvalue weighted by molar-refractivity contribution is 4.86. The van der Waals surface area contributed by atoms with E-state index in [2.05, 4.69) is 31.0 Å². The van der Waals surface area contributed by atoms with Crippen LogP contribution in [0, 0.1) is 5.92 Å². The van der Waals surface area contributed by atoms with Crippen LogP contribution in [0.25, 0.3) is 0 Å². The zero-order valence-corrected chi connectivity index (χ0v) is 11.6. The van der Waals surface area contributed by atoms with Gasteiger partial charge in [-0.05, 0) is 25.8 Å². The standard InChI is InChI=1S/C13H25F3N2/c1-4-10(2)12-9-18(11(3)8-17-12)7-5-6-13(14,15)16/h10-12,17H,4-9H2,1-3H3. The molecule has 18 heavy (non-hydrogen) atoms. The molecule has 0 bridgehead atoms. The lowest BCUT2D eigenvalue weighted by Crippen LogP contribution is -2.57. The van der Waals surface area contributed by atoms with E-state index in [0.717, 1.165) is 19.5 Å². The first-order valence-corrected chi connectivity index (χ1v) is 6.87. The van der Waals surface area contributed by atoms with Crippen molar-refractivity contribution in [3.63, 3.8) is 0 Å². The maximum atomic E-state index is 12.1. The molecule has 0 radical (unpaired) electrons. The molecule has 1 heterocycles. The number of nitrogens with one attached hydrogen (secondary N) is 1. The second-order valence-corrected chi connectivity index (χ2v) is 5.46. The van der Waals surface area contributed by atoms with Crippen LogP contribution >= 0.6 is 0 Å². The number of hydrogen-bond acceptors (Lipinski definition) is 2. The highest BCUT2D eigenvalue weighted by Crippen LogP contribution is 2.22. The molecular weight excluding hydrogens is 241 g/mol. The molecule has 0 spiro atoms. The molecule has 1 fully saturated rings. The largest absolute Gasteiger partial charge is 0.389 e. The quantitative estimate of drug-likeness (QED) is 0.823. The molecule has 0 aromatic heterocycles. The fraction of sp³-hybridized carbons (Fsp3) is 1.00. The van der Waals surface area contributed by atoms with E-state index in [4.69, 9.17) is 0 Å². The second kappa shape index (κ2) is 6.75. The first-order chi connectivity index (χ1) is 8.33. The van der Waals surface area contributed by atoms with Crippen molar-refractivity contribution in [1.29, 1.82) is 0 Å². The minimum absolute atomic E-state index is 0.209. The third kappa shape index (κ3) is 5.14. The van der Waals surface area contributed by atoms with E-state index in [1.807, 2.05) is 0 Å². The van der Waals surface area contributed by atoms with Crippen molar-refractivity contribution in [1.82, 2.24) is 10.2 Å². The highest BCUT2D eigenvalue weighted by Gasteiger charge is 2.30. The van der Waals surface area contributed by atoms with Gasteiger partial charge in [-0.2, -0.15) is 13.2 Å². The summed E-state index contributed by atoms with van der Waals surface area (Å²) in [6.45, 7) is 8.72. The summed E-state index contributed by atoms with van der Waals surface area (Å²) >= 11 is 0. The van der Waals surface area contributed by atoms with Crippen LogP contribution in [0.15, 0.2) is 0 Å². The summed E-state index contributed by atoms with van der Waals surface area (Å²) in [5, 5.41) is 3.49. The van der Waals surface area contributed by atoms with E-state index in [0.29, 0.717) is 24.5 Å². The minimum atomic E-state index is -4.02. The van der Waals surface area contributed by atoms with Crippen LogP contribution in [0.4, 0.5) is 13.2 Å². The van der Waals surface area contributed by atoms with Crippen LogP contribution < -0.4 is 5.32 Å². The van der Waals surface area contributed by atoms with Gasteiger partial charge < -0.3 is 5.32 Å². The summed E-state index contributed by atoms with van der Waals surface area (Å²) in [5.74, 6) is 0.572. The Kier molecular flexibility index (Phi) is 5.92. The molecule has 0 aromatic carbocycles. The van der Waals surface area contributed by atoms with Gasteiger partial charge in [-0.3, -0.25) is 4.90 Å². The molecule has 1 N–H and O–H groups in total. The van der Waals surface area contributed by atoms with Crippen LogP contribution in [-0.2, 0) is 0 Å². The summed E-state index contributed by atoms with van der Waals surface area (Å²) in [4.78, 5) is 2.19. The Morgan fingerprint density at radius 1 is 1.39 bits per heavy atom. The number of alkyl halides is 3. The minimum Gasteiger partial charge on any atom is -0.311 e. The zero-order chi connectivity index (χ0) is 13.8. The molecule has 0 aliphatic carbocycles. The van der Waals surface area contributed by atoms with E-state index >= 15 is 0 Å². The van der Waals surface area contributed by atoms with Crippen molar-refractivity contribution >= 4 is 0 Å². The molecule has 2 nitrogen and oxygen atoms in total. The van der Waals surface area contributed by atoms with Gasteiger partial charge in [-0.15, -0.1) is 0 Å². The van der Waals surface area contributed by atoms with Crippen LogP contribution in [0.2, 0.25) is 0 Å². The Bertz CT molecular complexity index is 243. The van der Waals surface area contributed by atoms with Crippen molar-refractivity contribution in [3.8, 4) is 0 Å². The fourth-order valence-electron chi connectivity index (χ4n) is 2.41. The molecule has 108 valence electrons. The maximum Gasteiger partial charge on any atom is 0.389 e. The van der Waals surface area contributed by atoms with Crippen LogP contribution in [0.3, 0.4) is 0 Å². The molecule has 1 rings (SSSR count). The third-order valence-electron chi connectivity index (χ3n) is 3.97. The van der Waals surface area contributed by atoms with Crippen molar-refractivity contribution in [2.45, 2.75) is 58.3 Å². The van der Waals surface area contributed by atoms with E-state index in [1.165, 1.54) is 0 Å². The van der Waals surface area contributed by atoms with Gasteiger partial charge in [0, 0.05) is 31.6 Å². The van der Waals surface area contributed by atoms with Gasteiger partial charge in [0.1, 0.15) is 0 Å². The predicted octanol–water partition coefficient (Wildman–Crippen LogP) is 3.04. The molecule has 1 aliphatic rings.